The van der Waals surface area contributed by atoms with Gasteiger partial charge in [-0.15, -0.1) is 12.4 Å². The first-order valence-corrected chi connectivity index (χ1v) is 4.04. The van der Waals surface area contributed by atoms with Gasteiger partial charge in [0.25, 0.3) is 0 Å². The molecule has 12 heavy (non-hydrogen) atoms. The SMILES string of the molecule is CC(C)c1ccc(N)c(Cl)c1.Cl. The molecule has 1 nitrogen and oxygen atoms in total. The third kappa shape index (κ3) is 2.58. The zero-order valence-corrected chi connectivity index (χ0v) is 8.75. The number of rotatable bonds is 1. The van der Waals surface area contributed by atoms with Crippen molar-refractivity contribution in [3.05, 3.63) is 28.8 Å². The number of hydrogen-bond acceptors (Lipinski definition) is 1. The minimum atomic E-state index is 0. The Balaban J connectivity index is 0.00000121. The Hall–Kier alpha value is -0.400. The fourth-order valence-corrected chi connectivity index (χ4v) is 1.09. The predicted octanol–water partition coefficient (Wildman–Crippen LogP) is 3.47. The number of benzene rings is 1. The van der Waals surface area contributed by atoms with Crippen LogP contribution in [0, 0.1) is 0 Å². The van der Waals surface area contributed by atoms with E-state index in [1.807, 2.05) is 18.2 Å². The van der Waals surface area contributed by atoms with E-state index in [0.717, 1.165) is 0 Å². The van der Waals surface area contributed by atoms with Crippen molar-refractivity contribution in [1.29, 1.82) is 0 Å². The largest absolute Gasteiger partial charge is 0.398 e. The highest BCUT2D eigenvalue weighted by atomic mass is 35.5. The third-order valence-corrected chi connectivity index (χ3v) is 2.02. The van der Waals surface area contributed by atoms with Crippen LogP contribution in [0.15, 0.2) is 18.2 Å². The van der Waals surface area contributed by atoms with Gasteiger partial charge < -0.3 is 5.73 Å². The molecule has 0 aromatic heterocycles. The monoisotopic (exact) mass is 205 g/mol. The molecule has 1 aromatic rings. The topological polar surface area (TPSA) is 26.0 Å². The standard InChI is InChI=1S/C9H12ClN.ClH/c1-6(2)7-3-4-9(11)8(10)5-7;/h3-6H,11H2,1-2H3;1H. The van der Waals surface area contributed by atoms with Crippen LogP contribution in [-0.2, 0) is 0 Å². The van der Waals surface area contributed by atoms with Crippen LogP contribution in [-0.4, -0.2) is 0 Å². The van der Waals surface area contributed by atoms with Crippen LogP contribution in [0.25, 0.3) is 0 Å². The van der Waals surface area contributed by atoms with Crippen molar-refractivity contribution in [2.45, 2.75) is 19.8 Å². The fourth-order valence-electron chi connectivity index (χ4n) is 0.903. The van der Waals surface area contributed by atoms with E-state index in [4.69, 9.17) is 17.3 Å². The molecule has 1 aromatic carbocycles. The molecule has 0 aliphatic carbocycles. The zero-order valence-electron chi connectivity index (χ0n) is 7.17. The minimum absolute atomic E-state index is 0. The highest BCUT2D eigenvalue weighted by Gasteiger charge is 2.01. The summed E-state index contributed by atoms with van der Waals surface area (Å²) >= 11 is 5.83. The Kier molecular flexibility index (Phi) is 4.43. The average molecular weight is 206 g/mol. The second kappa shape index (κ2) is 4.58. The molecule has 1 rings (SSSR count). The average Bonchev–Trinajstić information content (AvgIpc) is 1.94. The van der Waals surface area contributed by atoms with Crippen molar-refractivity contribution in [2.75, 3.05) is 5.73 Å². The quantitative estimate of drug-likeness (QED) is 0.699. The van der Waals surface area contributed by atoms with E-state index in [1.54, 1.807) is 0 Å². The van der Waals surface area contributed by atoms with Gasteiger partial charge in [0.15, 0.2) is 0 Å². The normalized spacial score (nSPS) is 9.67. The summed E-state index contributed by atoms with van der Waals surface area (Å²) in [5.41, 5.74) is 7.43. The van der Waals surface area contributed by atoms with Crippen molar-refractivity contribution >= 4 is 29.7 Å². The molecule has 0 fully saturated rings. The molecule has 0 aliphatic rings. The number of nitrogen functional groups attached to an aromatic ring is 1. The number of nitrogens with two attached hydrogens (primary N) is 1. The van der Waals surface area contributed by atoms with Gasteiger partial charge in [-0.2, -0.15) is 0 Å². The summed E-state index contributed by atoms with van der Waals surface area (Å²) in [5, 5.41) is 0.649. The van der Waals surface area contributed by atoms with Gasteiger partial charge in [0.05, 0.1) is 10.7 Å². The summed E-state index contributed by atoms with van der Waals surface area (Å²) in [7, 11) is 0. The van der Waals surface area contributed by atoms with E-state index in [1.165, 1.54) is 5.56 Å². The Bertz CT molecular complexity index is 259. The molecule has 0 bridgehead atoms. The van der Waals surface area contributed by atoms with Crippen molar-refractivity contribution < 1.29 is 0 Å². The summed E-state index contributed by atoms with van der Waals surface area (Å²) in [6.07, 6.45) is 0. The molecule has 2 N–H and O–H groups in total. The van der Waals surface area contributed by atoms with Gasteiger partial charge in [-0.05, 0) is 23.6 Å². The molecule has 0 unspecified atom stereocenters. The predicted molar refractivity (Wildman–Crippen MR) is 57.2 cm³/mol. The van der Waals surface area contributed by atoms with Gasteiger partial charge in [-0.3, -0.25) is 0 Å². The maximum absolute atomic E-state index is 5.83. The molecule has 0 saturated heterocycles. The number of halogens is 2. The van der Waals surface area contributed by atoms with E-state index >= 15 is 0 Å². The lowest BCUT2D eigenvalue weighted by atomic mass is 10.0. The first-order chi connectivity index (χ1) is 5.11. The fraction of sp³-hybridized carbons (Fsp3) is 0.333. The molecular weight excluding hydrogens is 193 g/mol. The minimum Gasteiger partial charge on any atom is -0.398 e. The number of anilines is 1. The Morgan fingerprint density at radius 2 is 1.92 bits per heavy atom. The van der Waals surface area contributed by atoms with Gasteiger partial charge in [0.1, 0.15) is 0 Å². The molecule has 0 aliphatic heterocycles. The summed E-state index contributed by atoms with van der Waals surface area (Å²) in [5.74, 6) is 0.507. The van der Waals surface area contributed by atoms with E-state index in [-0.39, 0.29) is 12.4 Å². The van der Waals surface area contributed by atoms with Gasteiger partial charge in [0, 0.05) is 0 Å². The van der Waals surface area contributed by atoms with Crippen LogP contribution < -0.4 is 5.73 Å². The van der Waals surface area contributed by atoms with Crippen LogP contribution in [0.2, 0.25) is 5.02 Å². The lowest BCUT2D eigenvalue weighted by Crippen LogP contribution is -1.90. The molecule has 0 radical (unpaired) electrons. The van der Waals surface area contributed by atoms with Crippen LogP contribution in [0.3, 0.4) is 0 Å². The van der Waals surface area contributed by atoms with Crippen LogP contribution in [0.1, 0.15) is 25.3 Å². The van der Waals surface area contributed by atoms with E-state index in [2.05, 4.69) is 13.8 Å². The van der Waals surface area contributed by atoms with E-state index in [9.17, 15) is 0 Å². The highest BCUT2D eigenvalue weighted by molar-refractivity contribution is 6.33. The molecule has 0 amide bonds. The summed E-state index contributed by atoms with van der Waals surface area (Å²) in [6, 6.07) is 5.77. The van der Waals surface area contributed by atoms with Crippen LogP contribution >= 0.6 is 24.0 Å². The molecule has 0 spiro atoms. The first kappa shape index (κ1) is 11.6. The van der Waals surface area contributed by atoms with Crippen molar-refractivity contribution in [3.63, 3.8) is 0 Å². The Morgan fingerprint density at radius 1 is 1.33 bits per heavy atom. The third-order valence-electron chi connectivity index (χ3n) is 1.69. The van der Waals surface area contributed by atoms with E-state index < -0.39 is 0 Å². The maximum Gasteiger partial charge on any atom is 0.0638 e. The lowest BCUT2D eigenvalue weighted by molar-refractivity contribution is 0.867. The Morgan fingerprint density at radius 3 is 2.33 bits per heavy atom. The van der Waals surface area contributed by atoms with Crippen molar-refractivity contribution in [2.24, 2.45) is 0 Å². The molecule has 0 heterocycles. The van der Waals surface area contributed by atoms with Crippen molar-refractivity contribution in [3.8, 4) is 0 Å². The van der Waals surface area contributed by atoms with Crippen LogP contribution in [0.4, 0.5) is 5.69 Å². The Labute approximate surface area is 84.3 Å². The molecule has 3 heteroatoms. The smallest absolute Gasteiger partial charge is 0.0638 e. The van der Waals surface area contributed by atoms with Crippen LogP contribution in [0.5, 0.6) is 0 Å². The molecular formula is C9H13Cl2N. The molecule has 68 valence electrons. The van der Waals surface area contributed by atoms with Gasteiger partial charge in [-0.1, -0.05) is 31.5 Å². The summed E-state index contributed by atoms with van der Waals surface area (Å²) in [4.78, 5) is 0. The second-order valence-corrected chi connectivity index (χ2v) is 3.34. The summed E-state index contributed by atoms with van der Waals surface area (Å²) in [6.45, 7) is 4.25. The maximum atomic E-state index is 5.83. The molecule has 0 saturated carbocycles. The van der Waals surface area contributed by atoms with Crippen molar-refractivity contribution in [1.82, 2.24) is 0 Å². The zero-order chi connectivity index (χ0) is 8.43. The second-order valence-electron chi connectivity index (χ2n) is 2.94. The van der Waals surface area contributed by atoms with Gasteiger partial charge in [-0.25, -0.2) is 0 Å². The lowest BCUT2D eigenvalue weighted by Gasteiger charge is -2.06. The highest BCUT2D eigenvalue weighted by Crippen LogP contribution is 2.23. The number of hydrogen-bond donors (Lipinski definition) is 1. The molecule has 0 atom stereocenters. The summed E-state index contributed by atoms with van der Waals surface area (Å²) < 4.78 is 0. The van der Waals surface area contributed by atoms with Gasteiger partial charge >= 0.3 is 0 Å². The first-order valence-electron chi connectivity index (χ1n) is 3.66. The van der Waals surface area contributed by atoms with E-state index in [0.29, 0.717) is 16.6 Å². The van der Waals surface area contributed by atoms with Gasteiger partial charge in [0.2, 0.25) is 0 Å².